The number of benzene rings is 1. The Morgan fingerprint density at radius 3 is 2.69 bits per heavy atom. The van der Waals surface area contributed by atoms with Crippen LogP contribution in [0.25, 0.3) is 0 Å². The van der Waals surface area contributed by atoms with Crippen molar-refractivity contribution in [2.75, 3.05) is 6.54 Å². The summed E-state index contributed by atoms with van der Waals surface area (Å²) in [5.41, 5.74) is 6.42. The lowest BCUT2D eigenvalue weighted by molar-refractivity contribution is 0.0696. The molecule has 0 heterocycles. The van der Waals surface area contributed by atoms with Gasteiger partial charge in [-0.3, -0.25) is 0 Å². The van der Waals surface area contributed by atoms with Crippen molar-refractivity contribution in [1.29, 1.82) is 0 Å². The number of nitrogens with two attached hydrogens (primary N) is 1. The lowest BCUT2D eigenvalue weighted by Crippen LogP contribution is -2.09. The van der Waals surface area contributed by atoms with Gasteiger partial charge in [0.1, 0.15) is 5.82 Å². The summed E-state index contributed by atoms with van der Waals surface area (Å²) < 4.78 is 13.6. The normalized spacial score (nSPS) is 12.5. The SMILES string of the molecule is Cc1cc(F)c(C(C)CCN)cc1C(=O)O. The molecule has 0 radical (unpaired) electrons. The summed E-state index contributed by atoms with van der Waals surface area (Å²) in [6.07, 6.45) is 0.638. The molecule has 0 fully saturated rings. The Kier molecular flexibility index (Phi) is 4.01. The number of rotatable bonds is 4. The predicted octanol–water partition coefficient (Wildman–Crippen LogP) is 2.28. The van der Waals surface area contributed by atoms with E-state index < -0.39 is 5.97 Å². The van der Waals surface area contributed by atoms with E-state index in [1.165, 1.54) is 12.1 Å². The number of carboxylic acid groups (broad SMARTS) is 1. The van der Waals surface area contributed by atoms with Crippen LogP contribution >= 0.6 is 0 Å². The van der Waals surface area contributed by atoms with Gasteiger partial charge in [-0.2, -0.15) is 0 Å². The van der Waals surface area contributed by atoms with Crippen molar-refractivity contribution >= 4 is 5.97 Å². The summed E-state index contributed by atoms with van der Waals surface area (Å²) >= 11 is 0. The average molecular weight is 225 g/mol. The minimum atomic E-state index is -1.03. The molecule has 3 nitrogen and oxygen atoms in total. The van der Waals surface area contributed by atoms with Crippen molar-refractivity contribution in [3.63, 3.8) is 0 Å². The fourth-order valence-corrected chi connectivity index (χ4v) is 1.70. The zero-order valence-electron chi connectivity index (χ0n) is 9.46. The number of aromatic carboxylic acids is 1. The largest absolute Gasteiger partial charge is 0.478 e. The van der Waals surface area contributed by atoms with Crippen LogP contribution in [-0.4, -0.2) is 17.6 Å². The van der Waals surface area contributed by atoms with Gasteiger partial charge in [-0.05, 0) is 49.1 Å². The lowest BCUT2D eigenvalue weighted by Gasteiger charge is -2.13. The van der Waals surface area contributed by atoms with Crippen molar-refractivity contribution < 1.29 is 14.3 Å². The molecular weight excluding hydrogens is 209 g/mol. The van der Waals surface area contributed by atoms with E-state index in [1.807, 2.05) is 6.92 Å². The number of halogens is 1. The fourth-order valence-electron chi connectivity index (χ4n) is 1.70. The van der Waals surface area contributed by atoms with E-state index in [4.69, 9.17) is 10.8 Å². The van der Waals surface area contributed by atoms with Crippen LogP contribution in [-0.2, 0) is 0 Å². The minimum Gasteiger partial charge on any atom is -0.478 e. The average Bonchev–Trinajstić information content (AvgIpc) is 2.17. The second-order valence-electron chi connectivity index (χ2n) is 3.97. The van der Waals surface area contributed by atoms with E-state index in [0.29, 0.717) is 24.1 Å². The second-order valence-corrected chi connectivity index (χ2v) is 3.97. The summed E-state index contributed by atoms with van der Waals surface area (Å²) in [6.45, 7) is 3.88. The van der Waals surface area contributed by atoms with Gasteiger partial charge in [0.2, 0.25) is 0 Å². The van der Waals surface area contributed by atoms with Crippen LogP contribution in [0.5, 0.6) is 0 Å². The molecule has 1 unspecified atom stereocenters. The maximum atomic E-state index is 13.6. The molecule has 0 amide bonds. The number of hydrogen-bond acceptors (Lipinski definition) is 2. The lowest BCUT2D eigenvalue weighted by atomic mass is 9.93. The van der Waals surface area contributed by atoms with E-state index in [9.17, 15) is 9.18 Å². The molecule has 1 aromatic rings. The third-order valence-corrected chi connectivity index (χ3v) is 2.70. The summed E-state index contributed by atoms with van der Waals surface area (Å²) in [5.74, 6) is -1.45. The van der Waals surface area contributed by atoms with Crippen LogP contribution in [0.15, 0.2) is 12.1 Å². The van der Waals surface area contributed by atoms with Crippen molar-refractivity contribution in [2.45, 2.75) is 26.2 Å². The van der Waals surface area contributed by atoms with Crippen LogP contribution in [0.4, 0.5) is 4.39 Å². The van der Waals surface area contributed by atoms with Gasteiger partial charge in [0, 0.05) is 0 Å². The van der Waals surface area contributed by atoms with Crippen molar-refractivity contribution in [3.05, 3.63) is 34.6 Å². The van der Waals surface area contributed by atoms with Gasteiger partial charge in [0.25, 0.3) is 0 Å². The minimum absolute atomic E-state index is 0.0660. The van der Waals surface area contributed by atoms with Gasteiger partial charge in [-0.15, -0.1) is 0 Å². The fraction of sp³-hybridized carbons (Fsp3) is 0.417. The number of carbonyl (C=O) groups is 1. The second kappa shape index (κ2) is 5.07. The Morgan fingerprint density at radius 1 is 1.56 bits per heavy atom. The predicted molar refractivity (Wildman–Crippen MR) is 60.2 cm³/mol. The maximum Gasteiger partial charge on any atom is 0.335 e. The van der Waals surface area contributed by atoms with Crippen LogP contribution in [0.2, 0.25) is 0 Å². The number of aryl methyl sites for hydroxylation is 1. The third kappa shape index (κ3) is 2.58. The molecule has 4 heteroatoms. The van der Waals surface area contributed by atoms with E-state index in [1.54, 1.807) is 6.92 Å². The number of hydrogen-bond donors (Lipinski definition) is 2. The van der Waals surface area contributed by atoms with Gasteiger partial charge in [0.05, 0.1) is 5.56 Å². The molecule has 3 N–H and O–H groups in total. The molecule has 1 rings (SSSR count). The van der Waals surface area contributed by atoms with Gasteiger partial charge in [-0.1, -0.05) is 6.92 Å². The standard InChI is InChI=1S/C12H16FNO2/c1-7(3-4-14)9-6-10(12(15)16)8(2)5-11(9)13/h5-7H,3-4,14H2,1-2H3,(H,15,16). The highest BCUT2D eigenvalue weighted by atomic mass is 19.1. The summed E-state index contributed by atoms with van der Waals surface area (Å²) in [5, 5.41) is 8.95. The molecule has 1 aromatic carbocycles. The molecule has 0 aliphatic carbocycles. The summed E-state index contributed by atoms with van der Waals surface area (Å²) in [6, 6.07) is 2.68. The van der Waals surface area contributed by atoms with E-state index in [2.05, 4.69) is 0 Å². The van der Waals surface area contributed by atoms with Crippen LogP contribution in [0, 0.1) is 12.7 Å². The number of carboxylic acids is 1. The summed E-state index contributed by atoms with van der Waals surface area (Å²) in [4.78, 5) is 10.9. The molecule has 0 aliphatic heterocycles. The molecular formula is C12H16FNO2. The molecule has 0 saturated carbocycles. The van der Waals surface area contributed by atoms with Crippen molar-refractivity contribution in [3.8, 4) is 0 Å². The first kappa shape index (κ1) is 12.6. The molecule has 0 spiro atoms. The van der Waals surface area contributed by atoms with E-state index in [-0.39, 0.29) is 17.3 Å². The Bertz CT molecular complexity index is 404. The zero-order chi connectivity index (χ0) is 12.3. The maximum absolute atomic E-state index is 13.6. The molecule has 0 bridgehead atoms. The zero-order valence-corrected chi connectivity index (χ0v) is 9.46. The van der Waals surface area contributed by atoms with Crippen LogP contribution in [0.1, 0.15) is 40.7 Å². The Balaban J connectivity index is 3.19. The van der Waals surface area contributed by atoms with Crippen LogP contribution in [0.3, 0.4) is 0 Å². The molecule has 88 valence electrons. The molecule has 16 heavy (non-hydrogen) atoms. The first-order chi connectivity index (χ1) is 7.47. The topological polar surface area (TPSA) is 63.3 Å². The highest BCUT2D eigenvalue weighted by Gasteiger charge is 2.16. The molecule has 0 aliphatic rings. The highest BCUT2D eigenvalue weighted by molar-refractivity contribution is 5.89. The van der Waals surface area contributed by atoms with Crippen molar-refractivity contribution in [1.82, 2.24) is 0 Å². The first-order valence-corrected chi connectivity index (χ1v) is 5.20. The van der Waals surface area contributed by atoms with Crippen LogP contribution < -0.4 is 5.73 Å². The van der Waals surface area contributed by atoms with Gasteiger partial charge in [0.15, 0.2) is 0 Å². The van der Waals surface area contributed by atoms with Gasteiger partial charge in [-0.25, -0.2) is 9.18 Å². The van der Waals surface area contributed by atoms with E-state index >= 15 is 0 Å². The molecule has 1 atom stereocenters. The molecule has 0 aromatic heterocycles. The van der Waals surface area contributed by atoms with E-state index in [0.717, 1.165) is 0 Å². The summed E-state index contributed by atoms with van der Waals surface area (Å²) in [7, 11) is 0. The quantitative estimate of drug-likeness (QED) is 0.826. The first-order valence-electron chi connectivity index (χ1n) is 5.20. The van der Waals surface area contributed by atoms with Gasteiger partial charge >= 0.3 is 5.97 Å². The van der Waals surface area contributed by atoms with Crippen molar-refractivity contribution in [2.24, 2.45) is 5.73 Å². The monoisotopic (exact) mass is 225 g/mol. The highest BCUT2D eigenvalue weighted by Crippen LogP contribution is 2.24. The Labute approximate surface area is 94.1 Å². The third-order valence-electron chi connectivity index (χ3n) is 2.70. The molecule has 0 saturated heterocycles. The van der Waals surface area contributed by atoms with Gasteiger partial charge < -0.3 is 10.8 Å². The Hall–Kier alpha value is -1.42. The smallest absolute Gasteiger partial charge is 0.335 e. The Morgan fingerprint density at radius 2 is 2.19 bits per heavy atom.